The Hall–Kier alpha value is -2.20. The van der Waals surface area contributed by atoms with Gasteiger partial charge in [-0.1, -0.05) is 6.42 Å². The molecule has 1 fully saturated rings. The lowest BCUT2D eigenvalue weighted by atomic mass is 10.1. The van der Waals surface area contributed by atoms with E-state index in [1.165, 1.54) is 8.99 Å². The van der Waals surface area contributed by atoms with E-state index < -0.39 is 10.0 Å². The fourth-order valence-corrected chi connectivity index (χ4v) is 5.75. The molecule has 1 saturated heterocycles. The molecule has 1 aliphatic rings. The summed E-state index contributed by atoms with van der Waals surface area (Å²) < 4.78 is 31.0. The number of rotatable bonds is 5. The zero-order valence-corrected chi connectivity index (χ0v) is 19.5. The molecule has 0 bridgehead atoms. The van der Waals surface area contributed by atoms with Crippen LogP contribution < -0.4 is 5.32 Å². The standard InChI is InChI=1S/C20H32N6O3S/c1-14-12-17(26(22-14)20(4,5)6)21-18(27)13-25-16(3)19(15(2)23-25)30(28,29)24-10-8-7-9-11-24/h12H,7-11,13H2,1-6H3,(H,21,27). The maximum absolute atomic E-state index is 13.1. The van der Waals surface area contributed by atoms with Crippen molar-refractivity contribution < 1.29 is 13.2 Å². The first-order valence-electron chi connectivity index (χ1n) is 10.3. The van der Waals surface area contributed by atoms with Gasteiger partial charge in [0, 0.05) is 19.2 Å². The number of anilines is 1. The third-order valence-electron chi connectivity index (χ3n) is 5.26. The number of nitrogens with one attached hydrogen (secondary N) is 1. The third-order valence-corrected chi connectivity index (χ3v) is 7.41. The van der Waals surface area contributed by atoms with Gasteiger partial charge in [-0.3, -0.25) is 9.48 Å². The molecule has 0 saturated carbocycles. The van der Waals surface area contributed by atoms with Crippen LogP contribution in [0.15, 0.2) is 11.0 Å². The number of piperidine rings is 1. The summed E-state index contributed by atoms with van der Waals surface area (Å²) in [4.78, 5) is 12.9. The van der Waals surface area contributed by atoms with Crippen LogP contribution in [0, 0.1) is 20.8 Å². The number of nitrogens with zero attached hydrogens (tertiary/aromatic N) is 5. The van der Waals surface area contributed by atoms with Gasteiger partial charge in [-0.15, -0.1) is 0 Å². The van der Waals surface area contributed by atoms with Crippen molar-refractivity contribution in [1.29, 1.82) is 0 Å². The van der Waals surface area contributed by atoms with Gasteiger partial charge in [0.2, 0.25) is 15.9 Å². The van der Waals surface area contributed by atoms with E-state index in [9.17, 15) is 13.2 Å². The van der Waals surface area contributed by atoms with Gasteiger partial charge in [0.1, 0.15) is 17.3 Å². The number of aryl methyl sites for hydroxylation is 2. The highest BCUT2D eigenvalue weighted by atomic mass is 32.2. The molecule has 2 aromatic rings. The predicted octanol–water partition coefficient (Wildman–Crippen LogP) is 2.57. The molecule has 0 spiro atoms. The number of carbonyl (C=O) groups is 1. The highest BCUT2D eigenvalue weighted by Gasteiger charge is 2.32. The molecule has 166 valence electrons. The van der Waals surface area contributed by atoms with Gasteiger partial charge >= 0.3 is 0 Å². The van der Waals surface area contributed by atoms with Crippen LogP contribution in [0.1, 0.15) is 57.1 Å². The molecule has 0 unspecified atom stereocenters. The average Bonchev–Trinajstić information content (AvgIpc) is 3.15. The summed E-state index contributed by atoms with van der Waals surface area (Å²) >= 11 is 0. The fourth-order valence-electron chi connectivity index (χ4n) is 3.86. The summed E-state index contributed by atoms with van der Waals surface area (Å²) in [5.74, 6) is 0.320. The first-order chi connectivity index (χ1) is 13.9. The minimum absolute atomic E-state index is 0.0729. The molecular weight excluding hydrogens is 404 g/mol. The Morgan fingerprint density at radius 2 is 1.73 bits per heavy atom. The zero-order valence-electron chi connectivity index (χ0n) is 18.7. The van der Waals surface area contributed by atoms with Crippen LogP contribution in [0.2, 0.25) is 0 Å². The predicted molar refractivity (Wildman–Crippen MR) is 115 cm³/mol. The van der Waals surface area contributed by atoms with E-state index in [0.29, 0.717) is 30.3 Å². The van der Waals surface area contributed by atoms with Crippen LogP contribution in [-0.2, 0) is 26.9 Å². The summed E-state index contributed by atoms with van der Waals surface area (Å²) in [6.07, 6.45) is 2.79. The van der Waals surface area contributed by atoms with Crippen molar-refractivity contribution >= 4 is 21.7 Å². The first kappa shape index (κ1) is 22.5. The molecule has 3 rings (SSSR count). The number of hydrogen-bond acceptors (Lipinski definition) is 5. The molecule has 0 radical (unpaired) electrons. The number of amides is 1. The quantitative estimate of drug-likeness (QED) is 0.776. The second-order valence-corrected chi connectivity index (χ2v) is 10.8. The Kier molecular flexibility index (Phi) is 6.10. The minimum atomic E-state index is -3.62. The molecular formula is C20H32N6O3S. The summed E-state index contributed by atoms with van der Waals surface area (Å²) in [5.41, 5.74) is 1.42. The summed E-state index contributed by atoms with van der Waals surface area (Å²) in [5, 5.41) is 11.7. The third kappa shape index (κ3) is 4.44. The molecule has 2 aromatic heterocycles. The van der Waals surface area contributed by atoms with Crippen molar-refractivity contribution in [3.63, 3.8) is 0 Å². The zero-order chi connectivity index (χ0) is 22.3. The van der Waals surface area contributed by atoms with Gasteiger partial charge < -0.3 is 5.32 Å². The van der Waals surface area contributed by atoms with Crippen LogP contribution in [0.4, 0.5) is 5.82 Å². The van der Waals surface area contributed by atoms with E-state index in [4.69, 9.17) is 0 Å². The van der Waals surface area contributed by atoms with Crippen molar-refractivity contribution in [1.82, 2.24) is 23.9 Å². The number of hydrogen-bond donors (Lipinski definition) is 1. The molecule has 9 nitrogen and oxygen atoms in total. The summed E-state index contributed by atoms with van der Waals surface area (Å²) in [6.45, 7) is 12.3. The van der Waals surface area contributed by atoms with Crippen LogP contribution in [0.25, 0.3) is 0 Å². The lowest BCUT2D eigenvalue weighted by Crippen LogP contribution is -2.36. The molecule has 3 heterocycles. The van der Waals surface area contributed by atoms with E-state index in [1.807, 2.05) is 33.8 Å². The van der Waals surface area contributed by atoms with E-state index in [2.05, 4.69) is 15.5 Å². The topological polar surface area (TPSA) is 102 Å². The monoisotopic (exact) mass is 436 g/mol. The normalized spacial score (nSPS) is 16.1. The second kappa shape index (κ2) is 8.14. The molecule has 1 N–H and O–H groups in total. The minimum Gasteiger partial charge on any atom is -0.309 e. The molecule has 30 heavy (non-hydrogen) atoms. The van der Waals surface area contributed by atoms with E-state index in [0.717, 1.165) is 25.0 Å². The number of sulfonamides is 1. The van der Waals surface area contributed by atoms with Crippen molar-refractivity contribution in [2.45, 2.75) is 77.8 Å². The molecule has 0 aliphatic carbocycles. The maximum Gasteiger partial charge on any atom is 0.247 e. The molecule has 1 aliphatic heterocycles. The van der Waals surface area contributed by atoms with Gasteiger partial charge in [-0.2, -0.15) is 14.5 Å². The van der Waals surface area contributed by atoms with Gasteiger partial charge in [-0.25, -0.2) is 13.1 Å². The van der Waals surface area contributed by atoms with Crippen molar-refractivity contribution in [2.75, 3.05) is 18.4 Å². The lowest BCUT2D eigenvalue weighted by molar-refractivity contribution is -0.117. The van der Waals surface area contributed by atoms with Crippen molar-refractivity contribution in [3.05, 3.63) is 23.1 Å². The van der Waals surface area contributed by atoms with Gasteiger partial charge in [0.25, 0.3) is 0 Å². The SMILES string of the molecule is Cc1cc(NC(=O)Cn2nc(C)c(S(=O)(=O)N3CCCCC3)c2C)n(C(C)(C)C)n1. The molecule has 1 amide bonds. The van der Waals surface area contributed by atoms with Crippen LogP contribution in [0.5, 0.6) is 0 Å². The molecule has 10 heteroatoms. The second-order valence-electron chi connectivity index (χ2n) is 8.92. The fraction of sp³-hybridized carbons (Fsp3) is 0.650. The first-order valence-corrected chi connectivity index (χ1v) is 11.8. The van der Waals surface area contributed by atoms with Crippen LogP contribution in [-0.4, -0.2) is 51.3 Å². The van der Waals surface area contributed by atoms with Crippen LogP contribution >= 0.6 is 0 Å². The van der Waals surface area contributed by atoms with E-state index in [1.54, 1.807) is 18.5 Å². The summed E-state index contributed by atoms with van der Waals surface area (Å²) in [6, 6.07) is 1.82. The lowest BCUT2D eigenvalue weighted by Gasteiger charge is -2.26. The van der Waals surface area contributed by atoms with Gasteiger partial charge in [0.05, 0.1) is 22.6 Å². The summed E-state index contributed by atoms with van der Waals surface area (Å²) in [7, 11) is -3.62. The molecule has 0 aromatic carbocycles. The smallest absolute Gasteiger partial charge is 0.247 e. The van der Waals surface area contributed by atoms with Gasteiger partial charge in [0.15, 0.2) is 0 Å². The Morgan fingerprint density at radius 3 is 2.33 bits per heavy atom. The number of carbonyl (C=O) groups excluding carboxylic acids is 1. The number of aromatic nitrogens is 4. The van der Waals surface area contributed by atoms with Crippen LogP contribution in [0.3, 0.4) is 0 Å². The highest BCUT2D eigenvalue weighted by molar-refractivity contribution is 7.89. The average molecular weight is 437 g/mol. The Balaban J connectivity index is 1.82. The Labute approximate surface area is 178 Å². The van der Waals surface area contributed by atoms with Gasteiger partial charge in [-0.05, 0) is 54.4 Å². The maximum atomic E-state index is 13.1. The largest absolute Gasteiger partial charge is 0.309 e. The van der Waals surface area contributed by atoms with Crippen molar-refractivity contribution in [3.8, 4) is 0 Å². The highest BCUT2D eigenvalue weighted by Crippen LogP contribution is 2.26. The molecule has 0 atom stereocenters. The Bertz CT molecular complexity index is 1040. The Morgan fingerprint density at radius 1 is 1.10 bits per heavy atom. The van der Waals surface area contributed by atoms with E-state index >= 15 is 0 Å². The van der Waals surface area contributed by atoms with E-state index in [-0.39, 0.29) is 22.9 Å². The van der Waals surface area contributed by atoms with Crippen molar-refractivity contribution in [2.24, 2.45) is 0 Å².